The lowest BCUT2D eigenvalue weighted by Gasteiger charge is -2.09. The molecule has 1 N–H and O–H groups in total. The van der Waals surface area contributed by atoms with E-state index in [-0.39, 0.29) is 5.57 Å². The fourth-order valence-corrected chi connectivity index (χ4v) is 1.90. The van der Waals surface area contributed by atoms with Crippen molar-refractivity contribution in [3.05, 3.63) is 58.6 Å². The number of hydrogen-bond donors (Lipinski definition) is 1. The highest BCUT2D eigenvalue weighted by molar-refractivity contribution is 6.09. The Morgan fingerprint density at radius 3 is 2.62 bits per heavy atom. The lowest BCUT2D eigenvalue weighted by Crippen LogP contribution is -2.14. The minimum atomic E-state index is -0.444. The third-order valence-corrected chi connectivity index (χ3v) is 3.27. The maximum atomic E-state index is 12.2. The van der Waals surface area contributed by atoms with E-state index in [0.29, 0.717) is 11.4 Å². The quantitative estimate of drug-likeness (QED) is 0.687. The second-order valence-corrected chi connectivity index (χ2v) is 4.82. The number of carbonyl (C=O) groups excluding carboxylic acids is 1. The number of furan rings is 1. The molecule has 0 radical (unpaired) electrons. The van der Waals surface area contributed by atoms with Crippen molar-refractivity contribution in [2.45, 2.75) is 20.8 Å². The Bertz CT molecular complexity index is 748. The van der Waals surface area contributed by atoms with E-state index in [2.05, 4.69) is 5.32 Å². The molecule has 2 rings (SSSR count). The molecular weight excluding hydrogens is 264 g/mol. The van der Waals surface area contributed by atoms with Crippen molar-refractivity contribution in [1.82, 2.24) is 0 Å². The molecule has 2 aromatic rings. The summed E-state index contributed by atoms with van der Waals surface area (Å²) in [6.45, 7) is 5.70. The first-order chi connectivity index (χ1) is 10.0. The number of nitrogens with zero attached hydrogens (tertiary/aromatic N) is 1. The van der Waals surface area contributed by atoms with Crippen LogP contribution in [0.5, 0.6) is 0 Å². The molecule has 106 valence electrons. The molecule has 1 amide bonds. The molecule has 1 aromatic carbocycles. The van der Waals surface area contributed by atoms with Crippen molar-refractivity contribution in [3.8, 4) is 6.07 Å². The van der Waals surface area contributed by atoms with Gasteiger partial charge in [0.05, 0.1) is 0 Å². The molecule has 0 aliphatic heterocycles. The van der Waals surface area contributed by atoms with E-state index < -0.39 is 5.91 Å². The molecule has 0 saturated carbocycles. The first kappa shape index (κ1) is 14.6. The van der Waals surface area contributed by atoms with Gasteiger partial charge in [0.25, 0.3) is 5.91 Å². The van der Waals surface area contributed by atoms with E-state index in [1.165, 1.54) is 6.08 Å². The molecule has 4 nitrogen and oxygen atoms in total. The fourth-order valence-electron chi connectivity index (χ4n) is 1.90. The second kappa shape index (κ2) is 6.10. The van der Waals surface area contributed by atoms with Crippen LogP contribution in [0.2, 0.25) is 0 Å². The highest BCUT2D eigenvalue weighted by Gasteiger charge is 2.12. The average molecular weight is 280 g/mol. The van der Waals surface area contributed by atoms with Crippen molar-refractivity contribution < 1.29 is 9.21 Å². The normalized spacial score (nSPS) is 11.0. The highest BCUT2D eigenvalue weighted by Crippen LogP contribution is 2.19. The number of anilines is 1. The highest BCUT2D eigenvalue weighted by atomic mass is 16.3. The molecule has 4 heteroatoms. The van der Waals surface area contributed by atoms with Gasteiger partial charge in [0.1, 0.15) is 23.2 Å². The van der Waals surface area contributed by atoms with Crippen molar-refractivity contribution in [2.24, 2.45) is 0 Å². The van der Waals surface area contributed by atoms with Gasteiger partial charge in [0.2, 0.25) is 0 Å². The van der Waals surface area contributed by atoms with Crippen LogP contribution in [0.1, 0.15) is 22.6 Å². The van der Waals surface area contributed by atoms with Crippen molar-refractivity contribution in [2.75, 3.05) is 5.32 Å². The van der Waals surface area contributed by atoms with E-state index in [4.69, 9.17) is 9.68 Å². The summed E-state index contributed by atoms with van der Waals surface area (Å²) in [7, 11) is 0. The maximum absolute atomic E-state index is 12.2. The van der Waals surface area contributed by atoms with E-state index in [0.717, 1.165) is 16.9 Å². The van der Waals surface area contributed by atoms with Crippen LogP contribution in [0.3, 0.4) is 0 Å². The summed E-state index contributed by atoms with van der Waals surface area (Å²) >= 11 is 0. The van der Waals surface area contributed by atoms with Gasteiger partial charge in [-0.3, -0.25) is 4.79 Å². The largest absolute Gasteiger partial charge is 0.462 e. The Morgan fingerprint density at radius 1 is 1.24 bits per heavy atom. The van der Waals surface area contributed by atoms with Gasteiger partial charge in [-0.2, -0.15) is 5.26 Å². The molecule has 1 heterocycles. The molecule has 0 spiro atoms. The van der Waals surface area contributed by atoms with Gasteiger partial charge in [0, 0.05) is 11.8 Å². The minimum Gasteiger partial charge on any atom is -0.462 e. The Hall–Kier alpha value is -2.80. The van der Waals surface area contributed by atoms with E-state index >= 15 is 0 Å². The molecule has 0 bridgehead atoms. The molecular formula is C17H16N2O2. The summed E-state index contributed by atoms with van der Waals surface area (Å²) in [6, 6.07) is 11.1. The average Bonchev–Trinajstić information content (AvgIpc) is 2.86. The van der Waals surface area contributed by atoms with Gasteiger partial charge >= 0.3 is 0 Å². The molecule has 0 saturated heterocycles. The Balaban J connectivity index is 2.24. The number of aryl methyl sites for hydroxylation is 2. The molecule has 0 aliphatic carbocycles. The van der Waals surface area contributed by atoms with Gasteiger partial charge in [-0.15, -0.1) is 0 Å². The number of benzene rings is 1. The molecule has 0 fully saturated rings. The van der Waals surface area contributed by atoms with Crippen molar-refractivity contribution in [3.63, 3.8) is 0 Å². The van der Waals surface area contributed by atoms with E-state index in [9.17, 15) is 4.79 Å². The van der Waals surface area contributed by atoms with Crippen molar-refractivity contribution >= 4 is 17.7 Å². The Kier molecular flexibility index (Phi) is 4.24. The summed E-state index contributed by atoms with van der Waals surface area (Å²) in [5, 5.41) is 11.9. The Morgan fingerprint density at radius 2 is 2.00 bits per heavy atom. The molecule has 0 atom stereocenters. The number of carbonyl (C=O) groups is 1. The van der Waals surface area contributed by atoms with E-state index in [1.54, 1.807) is 19.1 Å². The van der Waals surface area contributed by atoms with Crippen LogP contribution >= 0.6 is 0 Å². The molecule has 0 aliphatic rings. The molecule has 21 heavy (non-hydrogen) atoms. The van der Waals surface area contributed by atoms with Crippen LogP contribution in [0, 0.1) is 32.1 Å². The first-order valence-electron chi connectivity index (χ1n) is 6.57. The predicted octanol–water partition coefficient (Wildman–Crippen LogP) is 3.75. The SMILES string of the molecule is Cc1ccc(C=C(C#N)C(=O)Nc2cccc(C)c2C)o1. The van der Waals surface area contributed by atoms with Gasteiger partial charge in [-0.1, -0.05) is 12.1 Å². The second-order valence-electron chi connectivity index (χ2n) is 4.82. The lowest BCUT2D eigenvalue weighted by molar-refractivity contribution is -0.112. The summed E-state index contributed by atoms with van der Waals surface area (Å²) in [4.78, 5) is 12.2. The molecule has 1 aromatic heterocycles. The number of nitriles is 1. The first-order valence-corrected chi connectivity index (χ1v) is 6.57. The maximum Gasteiger partial charge on any atom is 0.266 e. The van der Waals surface area contributed by atoms with Crippen LogP contribution in [0.15, 0.2) is 40.3 Å². The summed E-state index contributed by atoms with van der Waals surface area (Å²) in [5.41, 5.74) is 2.77. The number of rotatable bonds is 3. The zero-order valence-electron chi connectivity index (χ0n) is 12.2. The molecule has 0 unspecified atom stereocenters. The lowest BCUT2D eigenvalue weighted by atomic mass is 10.1. The van der Waals surface area contributed by atoms with Gasteiger partial charge < -0.3 is 9.73 Å². The predicted molar refractivity (Wildman–Crippen MR) is 81.6 cm³/mol. The monoisotopic (exact) mass is 280 g/mol. The van der Waals surface area contributed by atoms with Gasteiger partial charge in [-0.05, 0) is 50.1 Å². The van der Waals surface area contributed by atoms with Gasteiger partial charge in [-0.25, -0.2) is 0 Å². The number of hydrogen-bond acceptors (Lipinski definition) is 3. The number of nitrogens with one attached hydrogen (secondary N) is 1. The van der Waals surface area contributed by atoms with Crippen LogP contribution in [0.25, 0.3) is 6.08 Å². The summed E-state index contributed by atoms with van der Waals surface area (Å²) < 4.78 is 5.35. The standard InChI is InChI=1S/C17H16N2O2/c1-11-5-4-6-16(13(11)3)19-17(20)14(10-18)9-15-8-7-12(2)21-15/h4-9H,1-3H3,(H,19,20). The summed E-state index contributed by atoms with van der Waals surface area (Å²) in [6.07, 6.45) is 1.44. The van der Waals surface area contributed by atoms with Crippen LogP contribution in [-0.2, 0) is 4.79 Å². The zero-order valence-corrected chi connectivity index (χ0v) is 12.2. The van der Waals surface area contributed by atoms with Gasteiger partial charge in [0.15, 0.2) is 0 Å². The van der Waals surface area contributed by atoms with Crippen LogP contribution in [0.4, 0.5) is 5.69 Å². The van der Waals surface area contributed by atoms with Crippen molar-refractivity contribution in [1.29, 1.82) is 5.26 Å². The summed E-state index contributed by atoms with van der Waals surface area (Å²) in [5.74, 6) is 0.772. The van der Waals surface area contributed by atoms with Crippen LogP contribution < -0.4 is 5.32 Å². The zero-order chi connectivity index (χ0) is 15.4. The Labute approximate surface area is 123 Å². The smallest absolute Gasteiger partial charge is 0.266 e. The minimum absolute atomic E-state index is 0.00487. The number of amides is 1. The topological polar surface area (TPSA) is 66.0 Å². The third-order valence-electron chi connectivity index (χ3n) is 3.27. The van der Waals surface area contributed by atoms with Crippen LogP contribution in [-0.4, -0.2) is 5.91 Å². The third kappa shape index (κ3) is 3.40. The van der Waals surface area contributed by atoms with E-state index in [1.807, 2.05) is 38.1 Å². The fraction of sp³-hybridized carbons (Fsp3) is 0.176.